The van der Waals surface area contributed by atoms with Crippen LogP contribution in [0.2, 0.25) is 10.0 Å². The lowest BCUT2D eigenvalue weighted by molar-refractivity contribution is -0.115. The van der Waals surface area contributed by atoms with Crippen molar-refractivity contribution in [3.05, 3.63) is 63.5 Å². The van der Waals surface area contributed by atoms with Crippen LogP contribution in [-0.2, 0) is 11.2 Å². The summed E-state index contributed by atoms with van der Waals surface area (Å²) >= 11 is 12.0. The minimum Gasteiger partial charge on any atom is -0.453 e. The Morgan fingerprint density at radius 2 is 1.92 bits per heavy atom. The topological polar surface area (TPSA) is 79.9 Å². The highest BCUT2D eigenvalue weighted by Crippen LogP contribution is 2.31. The summed E-state index contributed by atoms with van der Waals surface area (Å²) in [6, 6.07) is 10.3. The molecule has 0 aliphatic heterocycles. The number of rotatable bonds is 5. The fourth-order valence-corrected chi connectivity index (χ4v) is 2.90. The molecule has 0 bridgehead atoms. The van der Waals surface area contributed by atoms with Crippen molar-refractivity contribution in [3.8, 4) is 11.5 Å². The summed E-state index contributed by atoms with van der Waals surface area (Å²) in [6.07, 6.45) is 0.0556. The zero-order chi connectivity index (χ0) is 18.7. The van der Waals surface area contributed by atoms with Crippen LogP contribution in [0.4, 0.5) is 5.82 Å². The maximum Gasteiger partial charge on any atom is 0.231 e. The van der Waals surface area contributed by atoms with Crippen LogP contribution in [0, 0.1) is 13.8 Å². The number of hydrogen-bond acceptors (Lipinski definition) is 4. The SMILES string of the molecule is Cc1cccc(NC(=O)Cc2[nH]nc(C)c2Oc2cc(Cl)cc(Cl)c2)n1. The van der Waals surface area contributed by atoms with E-state index in [0.717, 1.165) is 5.69 Å². The van der Waals surface area contributed by atoms with Gasteiger partial charge in [-0.25, -0.2) is 4.98 Å². The van der Waals surface area contributed by atoms with Crippen LogP contribution in [0.3, 0.4) is 0 Å². The lowest BCUT2D eigenvalue weighted by atomic mass is 10.2. The van der Waals surface area contributed by atoms with Crippen LogP contribution in [0.15, 0.2) is 36.4 Å². The molecule has 0 aliphatic rings. The summed E-state index contributed by atoms with van der Waals surface area (Å²) in [4.78, 5) is 16.6. The van der Waals surface area contributed by atoms with Gasteiger partial charge < -0.3 is 10.1 Å². The van der Waals surface area contributed by atoms with Gasteiger partial charge in [0.25, 0.3) is 0 Å². The second kappa shape index (κ2) is 7.76. The first-order valence-electron chi connectivity index (χ1n) is 7.82. The Bertz CT molecular complexity index is 936. The summed E-state index contributed by atoms with van der Waals surface area (Å²) < 4.78 is 5.85. The predicted octanol–water partition coefficient (Wildman–Crippen LogP) is 4.70. The van der Waals surface area contributed by atoms with Crippen molar-refractivity contribution >= 4 is 34.9 Å². The number of nitrogens with one attached hydrogen (secondary N) is 2. The lowest BCUT2D eigenvalue weighted by Crippen LogP contribution is -2.16. The molecule has 6 nitrogen and oxygen atoms in total. The zero-order valence-electron chi connectivity index (χ0n) is 14.1. The molecule has 3 rings (SSSR count). The number of aryl methyl sites for hydroxylation is 2. The third-order valence-corrected chi connectivity index (χ3v) is 3.95. The van der Waals surface area contributed by atoms with Gasteiger partial charge >= 0.3 is 0 Å². The molecule has 3 aromatic rings. The minimum atomic E-state index is -0.235. The minimum absolute atomic E-state index is 0.0556. The van der Waals surface area contributed by atoms with Crippen molar-refractivity contribution in [2.75, 3.05) is 5.32 Å². The first kappa shape index (κ1) is 18.2. The van der Waals surface area contributed by atoms with Gasteiger partial charge in [0.15, 0.2) is 5.75 Å². The summed E-state index contributed by atoms with van der Waals surface area (Å²) in [5.41, 5.74) is 1.99. The summed E-state index contributed by atoms with van der Waals surface area (Å²) in [5.74, 6) is 1.20. The molecule has 1 amide bonds. The van der Waals surface area contributed by atoms with Crippen LogP contribution in [0.5, 0.6) is 11.5 Å². The Hall–Kier alpha value is -2.57. The Labute approximate surface area is 160 Å². The Morgan fingerprint density at radius 1 is 1.19 bits per heavy atom. The maximum atomic E-state index is 12.3. The smallest absolute Gasteiger partial charge is 0.231 e. The fourth-order valence-electron chi connectivity index (χ4n) is 2.39. The lowest BCUT2D eigenvalue weighted by Gasteiger charge is -2.09. The molecule has 0 aliphatic carbocycles. The maximum absolute atomic E-state index is 12.3. The molecule has 134 valence electrons. The summed E-state index contributed by atoms with van der Waals surface area (Å²) in [6.45, 7) is 3.64. The first-order chi connectivity index (χ1) is 12.4. The monoisotopic (exact) mass is 390 g/mol. The second-order valence-electron chi connectivity index (χ2n) is 5.71. The normalized spacial score (nSPS) is 10.6. The van der Waals surface area contributed by atoms with Gasteiger partial charge in [-0.2, -0.15) is 5.10 Å². The molecule has 0 unspecified atom stereocenters. The third-order valence-electron chi connectivity index (χ3n) is 3.51. The van der Waals surface area contributed by atoms with Crippen LogP contribution in [0.25, 0.3) is 0 Å². The largest absolute Gasteiger partial charge is 0.453 e. The Kier molecular flexibility index (Phi) is 5.44. The van der Waals surface area contributed by atoms with E-state index in [0.29, 0.717) is 38.8 Å². The van der Waals surface area contributed by atoms with Gasteiger partial charge in [0.1, 0.15) is 17.3 Å². The number of carbonyl (C=O) groups is 1. The molecule has 0 saturated carbocycles. The fraction of sp³-hybridized carbons (Fsp3) is 0.167. The number of benzene rings is 1. The number of carbonyl (C=O) groups excluding carboxylic acids is 1. The number of nitrogens with zero attached hydrogens (tertiary/aromatic N) is 2. The van der Waals surface area contributed by atoms with Crippen molar-refractivity contribution in [1.29, 1.82) is 0 Å². The number of aromatic amines is 1. The van der Waals surface area contributed by atoms with Crippen molar-refractivity contribution in [3.63, 3.8) is 0 Å². The molecule has 2 aromatic heterocycles. The van der Waals surface area contributed by atoms with Crippen molar-refractivity contribution < 1.29 is 9.53 Å². The van der Waals surface area contributed by atoms with E-state index in [1.54, 1.807) is 31.2 Å². The Morgan fingerprint density at radius 3 is 2.62 bits per heavy atom. The van der Waals surface area contributed by atoms with E-state index in [4.69, 9.17) is 27.9 Å². The van der Waals surface area contributed by atoms with Gasteiger partial charge in [-0.3, -0.25) is 9.89 Å². The van der Waals surface area contributed by atoms with Crippen molar-refractivity contribution in [2.24, 2.45) is 0 Å². The van der Waals surface area contributed by atoms with Gasteiger partial charge in [0.2, 0.25) is 5.91 Å². The number of aromatic nitrogens is 3. The van der Waals surface area contributed by atoms with Crippen LogP contribution < -0.4 is 10.1 Å². The number of pyridine rings is 1. The zero-order valence-corrected chi connectivity index (χ0v) is 15.6. The molecular formula is C18H16Cl2N4O2. The predicted molar refractivity (Wildman–Crippen MR) is 101 cm³/mol. The van der Waals surface area contributed by atoms with E-state index < -0.39 is 0 Å². The molecule has 8 heteroatoms. The highest BCUT2D eigenvalue weighted by Gasteiger charge is 2.17. The van der Waals surface area contributed by atoms with Crippen LogP contribution in [-0.4, -0.2) is 21.1 Å². The third kappa shape index (κ3) is 4.53. The van der Waals surface area contributed by atoms with E-state index in [-0.39, 0.29) is 12.3 Å². The van der Waals surface area contributed by atoms with Gasteiger partial charge in [0.05, 0.1) is 12.1 Å². The average Bonchev–Trinajstić information content (AvgIpc) is 2.87. The Balaban J connectivity index is 1.76. The number of ether oxygens (including phenoxy) is 1. The summed E-state index contributed by atoms with van der Waals surface area (Å²) in [5, 5.41) is 10.6. The molecule has 0 saturated heterocycles. The van der Waals surface area contributed by atoms with Crippen molar-refractivity contribution in [1.82, 2.24) is 15.2 Å². The number of anilines is 1. The highest BCUT2D eigenvalue weighted by atomic mass is 35.5. The molecule has 2 heterocycles. The van der Waals surface area contributed by atoms with E-state index in [1.165, 1.54) is 0 Å². The molecule has 0 spiro atoms. The molecule has 0 radical (unpaired) electrons. The van der Waals surface area contributed by atoms with Gasteiger partial charge in [-0.15, -0.1) is 0 Å². The van der Waals surface area contributed by atoms with Gasteiger partial charge in [-0.1, -0.05) is 29.3 Å². The van der Waals surface area contributed by atoms with E-state index in [2.05, 4.69) is 20.5 Å². The van der Waals surface area contributed by atoms with Crippen molar-refractivity contribution in [2.45, 2.75) is 20.3 Å². The van der Waals surface area contributed by atoms with E-state index in [1.807, 2.05) is 19.1 Å². The standard InChI is InChI=1S/C18H16Cl2N4O2/c1-10-4-3-5-16(21-10)22-17(25)9-15-18(11(2)23-24-15)26-14-7-12(19)6-13(20)8-14/h3-8H,9H2,1-2H3,(H,23,24)(H,21,22,25). The molecule has 26 heavy (non-hydrogen) atoms. The summed E-state index contributed by atoms with van der Waals surface area (Å²) in [7, 11) is 0. The van der Waals surface area contributed by atoms with E-state index >= 15 is 0 Å². The van der Waals surface area contributed by atoms with Crippen LogP contribution >= 0.6 is 23.2 Å². The van der Waals surface area contributed by atoms with Gasteiger partial charge in [-0.05, 0) is 44.2 Å². The number of H-pyrrole nitrogens is 1. The molecular weight excluding hydrogens is 375 g/mol. The second-order valence-corrected chi connectivity index (χ2v) is 6.59. The van der Waals surface area contributed by atoms with Gasteiger partial charge in [0, 0.05) is 15.7 Å². The molecule has 1 aromatic carbocycles. The first-order valence-corrected chi connectivity index (χ1v) is 8.57. The number of halogens is 2. The molecule has 2 N–H and O–H groups in total. The number of hydrogen-bond donors (Lipinski definition) is 2. The average molecular weight is 391 g/mol. The number of amides is 1. The quantitative estimate of drug-likeness (QED) is 0.661. The van der Waals surface area contributed by atoms with Crippen LogP contribution in [0.1, 0.15) is 17.1 Å². The highest BCUT2D eigenvalue weighted by molar-refractivity contribution is 6.34. The molecule has 0 atom stereocenters. The molecule has 0 fully saturated rings. The van der Waals surface area contributed by atoms with E-state index in [9.17, 15) is 4.79 Å².